The second-order valence-electron chi connectivity index (χ2n) is 6.48. The maximum atomic E-state index is 12.2. The van der Waals surface area contributed by atoms with Crippen molar-refractivity contribution in [1.29, 1.82) is 0 Å². The Morgan fingerprint density at radius 3 is 2.79 bits per heavy atom. The van der Waals surface area contributed by atoms with E-state index in [4.69, 9.17) is 4.74 Å². The second kappa shape index (κ2) is 3.14. The highest BCUT2D eigenvalue weighted by molar-refractivity contribution is 5.89. The minimum atomic E-state index is -0.445. The Morgan fingerprint density at radius 2 is 2.05 bits per heavy atom. The van der Waals surface area contributed by atoms with Crippen molar-refractivity contribution in [2.75, 3.05) is 4.90 Å². The summed E-state index contributed by atoms with van der Waals surface area (Å²) in [6, 6.07) is 6.35. The first-order chi connectivity index (χ1) is 8.97. The standard InChI is InChI=1S/C16H19NO2/c1-8-6-5-7-11-9(2)12-10(3)14-15(18)19-16(12,4)17(14)13(8)11/h5-7,9-10,12,14H,1-4H3/t9-,10-,12-,14+,16+/m1/s1. The summed E-state index contributed by atoms with van der Waals surface area (Å²) in [5.41, 5.74) is 3.40. The Kier molecular flexibility index (Phi) is 1.87. The molecule has 1 aromatic carbocycles. The van der Waals surface area contributed by atoms with Crippen LogP contribution in [0.5, 0.6) is 0 Å². The summed E-state index contributed by atoms with van der Waals surface area (Å²) in [7, 11) is 0. The lowest BCUT2D eigenvalue weighted by molar-refractivity contribution is -0.161. The molecule has 4 rings (SSSR count). The highest BCUT2D eigenvalue weighted by atomic mass is 16.6. The molecule has 0 saturated carbocycles. The van der Waals surface area contributed by atoms with Crippen molar-refractivity contribution in [1.82, 2.24) is 0 Å². The third-order valence-corrected chi connectivity index (χ3v) is 5.53. The van der Waals surface area contributed by atoms with E-state index >= 15 is 0 Å². The van der Waals surface area contributed by atoms with Crippen molar-refractivity contribution in [3.63, 3.8) is 0 Å². The number of benzene rings is 1. The molecule has 0 aromatic heterocycles. The summed E-state index contributed by atoms with van der Waals surface area (Å²) < 4.78 is 5.75. The first kappa shape index (κ1) is 11.3. The van der Waals surface area contributed by atoms with E-state index in [1.807, 2.05) is 0 Å². The van der Waals surface area contributed by atoms with Crippen LogP contribution in [0.4, 0.5) is 5.69 Å². The van der Waals surface area contributed by atoms with Crippen LogP contribution in [0.25, 0.3) is 0 Å². The lowest BCUT2D eigenvalue weighted by atomic mass is 9.72. The van der Waals surface area contributed by atoms with Crippen molar-refractivity contribution in [3.8, 4) is 0 Å². The lowest BCUT2D eigenvalue weighted by Crippen LogP contribution is -2.50. The topological polar surface area (TPSA) is 29.5 Å². The largest absolute Gasteiger partial charge is 0.437 e. The lowest BCUT2D eigenvalue weighted by Gasteiger charge is -2.45. The molecule has 0 unspecified atom stereocenters. The molecular formula is C16H19NO2. The number of aryl methyl sites for hydroxylation is 1. The monoisotopic (exact) mass is 257 g/mol. The molecule has 0 aliphatic carbocycles. The van der Waals surface area contributed by atoms with Gasteiger partial charge in [0.1, 0.15) is 6.04 Å². The summed E-state index contributed by atoms with van der Waals surface area (Å²) in [6.45, 7) is 8.69. The van der Waals surface area contributed by atoms with Gasteiger partial charge in [-0.3, -0.25) is 0 Å². The number of fused-ring (bicyclic) bond motifs is 1. The van der Waals surface area contributed by atoms with Gasteiger partial charge in [-0.1, -0.05) is 32.0 Å². The Labute approximate surface area is 113 Å². The number of rotatable bonds is 0. The number of carbonyl (C=O) groups excluding carboxylic acids is 1. The fraction of sp³-hybridized carbons (Fsp3) is 0.562. The zero-order valence-electron chi connectivity index (χ0n) is 11.8. The number of carbonyl (C=O) groups is 1. The van der Waals surface area contributed by atoms with Crippen LogP contribution in [-0.2, 0) is 9.53 Å². The smallest absolute Gasteiger partial charge is 0.331 e. The van der Waals surface area contributed by atoms with E-state index in [2.05, 4.69) is 50.8 Å². The SMILES string of the molecule is Cc1cccc2c1N1[C@@H]3C(=O)O[C@@]1(C)[C@@H]([C@H]3C)[C@@H]2C. The highest BCUT2D eigenvalue weighted by Gasteiger charge is 2.69. The third kappa shape index (κ3) is 1.05. The van der Waals surface area contributed by atoms with Crippen LogP contribution in [0.3, 0.4) is 0 Å². The molecule has 0 N–H and O–H groups in total. The molecule has 5 atom stereocenters. The number of hydrogen-bond donors (Lipinski definition) is 0. The van der Waals surface area contributed by atoms with Crippen LogP contribution in [0.1, 0.15) is 37.8 Å². The van der Waals surface area contributed by atoms with Gasteiger partial charge in [-0.2, -0.15) is 0 Å². The van der Waals surface area contributed by atoms with Crippen molar-refractivity contribution >= 4 is 11.7 Å². The van der Waals surface area contributed by atoms with E-state index in [-0.39, 0.29) is 12.0 Å². The zero-order valence-corrected chi connectivity index (χ0v) is 11.8. The Hall–Kier alpha value is -1.51. The fourth-order valence-corrected chi connectivity index (χ4v) is 4.91. The van der Waals surface area contributed by atoms with Crippen LogP contribution in [-0.4, -0.2) is 17.7 Å². The molecule has 0 radical (unpaired) electrons. The molecule has 2 saturated heterocycles. The van der Waals surface area contributed by atoms with Crippen LogP contribution in [0, 0.1) is 18.8 Å². The van der Waals surface area contributed by atoms with Gasteiger partial charge in [0.25, 0.3) is 0 Å². The summed E-state index contributed by atoms with van der Waals surface area (Å²) >= 11 is 0. The summed E-state index contributed by atoms with van der Waals surface area (Å²) in [5, 5.41) is 0. The highest BCUT2D eigenvalue weighted by Crippen LogP contribution is 2.61. The predicted octanol–water partition coefficient (Wildman–Crippen LogP) is 2.83. The van der Waals surface area contributed by atoms with Gasteiger partial charge in [-0.15, -0.1) is 0 Å². The van der Waals surface area contributed by atoms with E-state index in [9.17, 15) is 4.79 Å². The summed E-state index contributed by atoms with van der Waals surface area (Å²) in [4.78, 5) is 14.4. The molecule has 19 heavy (non-hydrogen) atoms. The van der Waals surface area contributed by atoms with E-state index in [0.29, 0.717) is 17.8 Å². The average molecular weight is 257 g/mol. The molecule has 4 bridgehead atoms. The van der Waals surface area contributed by atoms with Gasteiger partial charge >= 0.3 is 5.97 Å². The Bertz CT molecular complexity index is 596. The molecule has 3 heteroatoms. The average Bonchev–Trinajstić information content (AvgIpc) is 2.67. The van der Waals surface area contributed by atoms with Gasteiger partial charge in [-0.05, 0) is 36.8 Å². The number of nitrogens with zero attached hydrogens (tertiary/aromatic N) is 1. The third-order valence-electron chi connectivity index (χ3n) is 5.53. The Balaban J connectivity index is 2.04. The van der Waals surface area contributed by atoms with E-state index in [1.165, 1.54) is 16.8 Å². The number of esters is 1. The van der Waals surface area contributed by atoms with Crippen molar-refractivity contribution in [3.05, 3.63) is 29.3 Å². The molecule has 0 spiro atoms. The van der Waals surface area contributed by atoms with Crippen molar-refractivity contribution < 1.29 is 9.53 Å². The number of ether oxygens (including phenoxy) is 1. The van der Waals surface area contributed by atoms with E-state index in [0.717, 1.165) is 0 Å². The fourth-order valence-electron chi connectivity index (χ4n) is 4.91. The van der Waals surface area contributed by atoms with Crippen LogP contribution in [0.2, 0.25) is 0 Å². The first-order valence-corrected chi connectivity index (χ1v) is 7.08. The second-order valence-corrected chi connectivity index (χ2v) is 6.48. The van der Waals surface area contributed by atoms with Gasteiger partial charge in [-0.25, -0.2) is 4.79 Å². The summed E-state index contributed by atoms with van der Waals surface area (Å²) in [5.74, 6) is 1.14. The normalized spacial score (nSPS) is 42.3. The predicted molar refractivity (Wildman–Crippen MR) is 73.0 cm³/mol. The van der Waals surface area contributed by atoms with E-state index in [1.54, 1.807) is 0 Å². The van der Waals surface area contributed by atoms with Crippen molar-refractivity contribution in [2.24, 2.45) is 11.8 Å². The molecule has 1 aromatic rings. The molecule has 3 nitrogen and oxygen atoms in total. The van der Waals surface area contributed by atoms with Crippen LogP contribution >= 0.6 is 0 Å². The number of para-hydroxylation sites is 1. The Morgan fingerprint density at radius 1 is 1.32 bits per heavy atom. The minimum Gasteiger partial charge on any atom is -0.437 e. The number of hydrogen-bond acceptors (Lipinski definition) is 3. The molecule has 3 heterocycles. The van der Waals surface area contributed by atoms with E-state index < -0.39 is 5.72 Å². The molecule has 3 aliphatic heterocycles. The minimum absolute atomic E-state index is 0.0467. The van der Waals surface area contributed by atoms with Gasteiger partial charge < -0.3 is 9.64 Å². The molecule has 0 amide bonds. The first-order valence-electron chi connectivity index (χ1n) is 7.08. The molecule has 100 valence electrons. The summed E-state index contributed by atoms with van der Waals surface area (Å²) in [6.07, 6.45) is 0. The maximum absolute atomic E-state index is 12.2. The maximum Gasteiger partial charge on any atom is 0.331 e. The molecule has 3 aliphatic rings. The zero-order chi connectivity index (χ0) is 13.5. The number of anilines is 1. The van der Waals surface area contributed by atoms with Crippen molar-refractivity contribution in [2.45, 2.75) is 45.4 Å². The van der Waals surface area contributed by atoms with Gasteiger partial charge in [0.15, 0.2) is 5.72 Å². The molecular weight excluding hydrogens is 238 g/mol. The van der Waals surface area contributed by atoms with Crippen LogP contribution in [0.15, 0.2) is 18.2 Å². The van der Waals surface area contributed by atoms with Crippen LogP contribution < -0.4 is 4.90 Å². The van der Waals surface area contributed by atoms with Gasteiger partial charge in [0.2, 0.25) is 0 Å². The quantitative estimate of drug-likeness (QED) is 0.669. The van der Waals surface area contributed by atoms with Gasteiger partial charge in [0, 0.05) is 11.6 Å². The van der Waals surface area contributed by atoms with Gasteiger partial charge in [0.05, 0.1) is 0 Å². The molecule has 2 fully saturated rings.